The molecule has 0 saturated heterocycles. The third-order valence-electron chi connectivity index (χ3n) is 4.01. The first-order valence-corrected chi connectivity index (χ1v) is 8.26. The lowest BCUT2D eigenvalue weighted by Gasteiger charge is -2.23. The second-order valence-corrected chi connectivity index (χ2v) is 7.04. The summed E-state index contributed by atoms with van der Waals surface area (Å²) in [6, 6.07) is 15.5. The summed E-state index contributed by atoms with van der Waals surface area (Å²) in [7, 11) is 0. The molecule has 1 heterocycles. The first-order valence-electron chi connectivity index (χ1n) is 8.26. The number of rotatable bonds is 4. The Bertz CT molecular complexity index is 846. The maximum Gasteiger partial charge on any atom is 0.255 e. The van der Waals surface area contributed by atoms with Crippen molar-refractivity contribution in [2.75, 3.05) is 5.32 Å². The van der Waals surface area contributed by atoms with E-state index in [0.29, 0.717) is 12.1 Å². The van der Waals surface area contributed by atoms with Gasteiger partial charge in [0.15, 0.2) is 0 Å². The van der Waals surface area contributed by atoms with Crippen molar-refractivity contribution < 1.29 is 4.79 Å². The van der Waals surface area contributed by atoms with E-state index in [1.54, 1.807) is 11.0 Å². The quantitative estimate of drug-likeness (QED) is 0.788. The molecule has 0 unspecified atom stereocenters. The van der Waals surface area contributed by atoms with Crippen molar-refractivity contribution in [2.24, 2.45) is 0 Å². The molecule has 5 heteroatoms. The predicted molar refractivity (Wildman–Crippen MR) is 98.7 cm³/mol. The number of para-hydroxylation sites is 1. The zero-order valence-corrected chi connectivity index (χ0v) is 14.7. The summed E-state index contributed by atoms with van der Waals surface area (Å²) in [5.41, 5.74) is 3.63. The van der Waals surface area contributed by atoms with E-state index in [1.807, 2.05) is 42.5 Å². The smallest absolute Gasteiger partial charge is 0.255 e. The molecule has 5 nitrogen and oxygen atoms in total. The van der Waals surface area contributed by atoms with Crippen LogP contribution in [0.25, 0.3) is 0 Å². The van der Waals surface area contributed by atoms with E-state index in [4.69, 9.17) is 0 Å². The van der Waals surface area contributed by atoms with Crippen LogP contribution in [0.15, 0.2) is 61.2 Å². The normalized spacial score (nSPS) is 11.3. The van der Waals surface area contributed by atoms with Crippen LogP contribution in [0, 0.1) is 0 Å². The van der Waals surface area contributed by atoms with Gasteiger partial charge in [0.2, 0.25) is 0 Å². The number of nitrogens with one attached hydrogen (secondary N) is 1. The maximum atomic E-state index is 12.6. The molecular formula is C20H22N4O. The third kappa shape index (κ3) is 4.12. The minimum absolute atomic E-state index is 0.0362. The second kappa shape index (κ2) is 6.89. The molecule has 0 spiro atoms. The molecule has 0 bridgehead atoms. The van der Waals surface area contributed by atoms with Gasteiger partial charge in [-0.3, -0.25) is 4.79 Å². The molecule has 0 aliphatic rings. The van der Waals surface area contributed by atoms with Gasteiger partial charge in [0, 0.05) is 11.3 Å². The number of hydrogen-bond acceptors (Lipinski definition) is 3. The number of carbonyl (C=O) groups is 1. The lowest BCUT2D eigenvalue weighted by molar-refractivity contribution is 0.102. The van der Waals surface area contributed by atoms with Crippen LogP contribution in [0.3, 0.4) is 0 Å². The Labute approximate surface area is 147 Å². The summed E-state index contributed by atoms with van der Waals surface area (Å²) in [5.74, 6) is -0.107. The van der Waals surface area contributed by atoms with Gasteiger partial charge in [-0.2, -0.15) is 5.10 Å². The van der Waals surface area contributed by atoms with Crippen LogP contribution in [0.4, 0.5) is 5.69 Å². The van der Waals surface area contributed by atoms with Crippen LogP contribution < -0.4 is 5.32 Å². The minimum Gasteiger partial charge on any atom is -0.322 e. The summed E-state index contributed by atoms with van der Waals surface area (Å²) >= 11 is 0. The highest BCUT2D eigenvalue weighted by Gasteiger charge is 2.18. The van der Waals surface area contributed by atoms with Gasteiger partial charge in [-0.15, -0.1) is 0 Å². The van der Waals surface area contributed by atoms with Gasteiger partial charge in [0.25, 0.3) is 5.91 Å². The largest absolute Gasteiger partial charge is 0.322 e. The highest BCUT2D eigenvalue weighted by atomic mass is 16.1. The Hall–Kier alpha value is -2.95. The molecule has 0 aliphatic carbocycles. The SMILES string of the molecule is CC(C)(C)c1ccccc1NC(=O)c1ccc(Cn2cncn2)cc1. The highest BCUT2D eigenvalue weighted by molar-refractivity contribution is 6.04. The lowest BCUT2D eigenvalue weighted by atomic mass is 9.86. The topological polar surface area (TPSA) is 59.8 Å². The molecule has 1 N–H and O–H groups in total. The van der Waals surface area contributed by atoms with Crippen LogP contribution >= 0.6 is 0 Å². The van der Waals surface area contributed by atoms with Crippen LogP contribution in [-0.2, 0) is 12.0 Å². The Morgan fingerprint density at radius 1 is 1.08 bits per heavy atom. The lowest BCUT2D eigenvalue weighted by Crippen LogP contribution is -2.18. The minimum atomic E-state index is -0.107. The van der Waals surface area contributed by atoms with E-state index in [2.05, 4.69) is 42.2 Å². The van der Waals surface area contributed by atoms with Gasteiger partial charge in [0.1, 0.15) is 12.7 Å². The molecule has 0 aliphatic heterocycles. The van der Waals surface area contributed by atoms with E-state index in [-0.39, 0.29) is 11.3 Å². The number of benzene rings is 2. The van der Waals surface area contributed by atoms with Gasteiger partial charge in [0.05, 0.1) is 6.54 Å². The summed E-state index contributed by atoms with van der Waals surface area (Å²) in [6.45, 7) is 7.04. The number of anilines is 1. The predicted octanol–water partition coefficient (Wildman–Crippen LogP) is 3.88. The molecule has 128 valence electrons. The van der Waals surface area contributed by atoms with Crippen LogP contribution in [0.1, 0.15) is 42.3 Å². The molecule has 0 saturated carbocycles. The maximum absolute atomic E-state index is 12.6. The van der Waals surface area contributed by atoms with Gasteiger partial charge in [-0.05, 0) is 34.7 Å². The van der Waals surface area contributed by atoms with E-state index in [0.717, 1.165) is 16.8 Å². The number of hydrogen-bond donors (Lipinski definition) is 1. The molecule has 3 rings (SSSR count). The summed E-state index contributed by atoms with van der Waals surface area (Å²) in [6.07, 6.45) is 3.18. The van der Waals surface area contributed by atoms with Gasteiger partial charge in [-0.1, -0.05) is 51.1 Å². The standard InChI is InChI=1S/C20H22N4O/c1-20(2,3)17-6-4-5-7-18(17)23-19(25)16-10-8-15(9-11-16)12-24-14-21-13-22-24/h4-11,13-14H,12H2,1-3H3,(H,23,25). The Kier molecular flexibility index (Phi) is 4.65. The fraction of sp³-hybridized carbons (Fsp3) is 0.250. The molecule has 2 aromatic carbocycles. The summed E-state index contributed by atoms with van der Waals surface area (Å²) in [5, 5.41) is 7.12. The molecule has 0 atom stereocenters. The molecule has 25 heavy (non-hydrogen) atoms. The van der Waals surface area contributed by atoms with Crippen molar-refractivity contribution in [3.8, 4) is 0 Å². The second-order valence-electron chi connectivity index (χ2n) is 7.04. The van der Waals surface area contributed by atoms with Crippen molar-refractivity contribution >= 4 is 11.6 Å². The Morgan fingerprint density at radius 2 is 1.80 bits per heavy atom. The van der Waals surface area contributed by atoms with Crippen molar-refractivity contribution in [1.82, 2.24) is 14.8 Å². The molecule has 0 radical (unpaired) electrons. The van der Waals surface area contributed by atoms with E-state index >= 15 is 0 Å². The van der Waals surface area contributed by atoms with E-state index < -0.39 is 0 Å². The zero-order valence-electron chi connectivity index (χ0n) is 14.7. The number of nitrogens with zero attached hydrogens (tertiary/aromatic N) is 3. The molecular weight excluding hydrogens is 312 g/mol. The van der Waals surface area contributed by atoms with Crippen molar-refractivity contribution in [3.05, 3.63) is 77.9 Å². The first kappa shape index (κ1) is 16.9. The van der Waals surface area contributed by atoms with Crippen molar-refractivity contribution in [1.29, 1.82) is 0 Å². The van der Waals surface area contributed by atoms with Crippen LogP contribution in [0.2, 0.25) is 0 Å². The van der Waals surface area contributed by atoms with E-state index in [1.165, 1.54) is 6.33 Å². The average molecular weight is 334 g/mol. The number of carbonyl (C=O) groups excluding carboxylic acids is 1. The molecule has 3 aromatic rings. The number of aromatic nitrogens is 3. The highest BCUT2D eigenvalue weighted by Crippen LogP contribution is 2.29. The van der Waals surface area contributed by atoms with Gasteiger partial charge >= 0.3 is 0 Å². The molecule has 0 fully saturated rings. The van der Waals surface area contributed by atoms with Crippen LogP contribution in [-0.4, -0.2) is 20.7 Å². The summed E-state index contributed by atoms with van der Waals surface area (Å²) < 4.78 is 1.74. The average Bonchev–Trinajstić information content (AvgIpc) is 3.08. The van der Waals surface area contributed by atoms with E-state index in [9.17, 15) is 4.79 Å². The van der Waals surface area contributed by atoms with Crippen LogP contribution in [0.5, 0.6) is 0 Å². The Balaban J connectivity index is 1.74. The van der Waals surface area contributed by atoms with Crippen molar-refractivity contribution in [2.45, 2.75) is 32.7 Å². The van der Waals surface area contributed by atoms with Gasteiger partial charge in [-0.25, -0.2) is 9.67 Å². The van der Waals surface area contributed by atoms with Gasteiger partial charge < -0.3 is 5.32 Å². The summed E-state index contributed by atoms with van der Waals surface area (Å²) in [4.78, 5) is 16.5. The first-order chi connectivity index (χ1) is 11.9. The third-order valence-corrected chi connectivity index (χ3v) is 4.01. The fourth-order valence-electron chi connectivity index (χ4n) is 2.70. The molecule has 1 aromatic heterocycles. The van der Waals surface area contributed by atoms with Crippen molar-refractivity contribution in [3.63, 3.8) is 0 Å². The number of amides is 1. The Morgan fingerprint density at radius 3 is 2.44 bits per heavy atom. The fourth-order valence-corrected chi connectivity index (χ4v) is 2.70. The monoisotopic (exact) mass is 334 g/mol. The zero-order chi connectivity index (χ0) is 17.9. The molecule has 1 amide bonds.